The van der Waals surface area contributed by atoms with Crippen molar-refractivity contribution in [3.63, 3.8) is 0 Å². The number of hydrogen-bond donors (Lipinski definition) is 1. The molecule has 1 aromatic heterocycles. The van der Waals surface area contributed by atoms with Crippen LogP contribution in [0.5, 0.6) is 0 Å². The Morgan fingerprint density at radius 1 is 1.38 bits per heavy atom. The fourth-order valence-corrected chi connectivity index (χ4v) is 4.08. The molecular weight excluding hydrogens is 294 g/mol. The first-order valence-corrected chi connectivity index (χ1v) is 7.68. The molecule has 110 valence electrons. The van der Waals surface area contributed by atoms with E-state index in [1.165, 1.54) is 17.1 Å². The highest BCUT2D eigenvalue weighted by Gasteiger charge is 2.43. The summed E-state index contributed by atoms with van der Waals surface area (Å²) in [5, 5.41) is 9.18. The number of fused-ring (bicyclic) bond motifs is 1. The van der Waals surface area contributed by atoms with Crippen LogP contribution >= 0.6 is 0 Å². The number of aliphatic carboxylic acids is 1. The minimum Gasteiger partial charge on any atom is -0.480 e. The normalized spacial score (nSPS) is 17.8. The lowest BCUT2D eigenvalue weighted by atomic mass is 10.1. The average molecular weight is 307 g/mol. The lowest BCUT2D eigenvalue weighted by Crippen LogP contribution is -2.42. The number of hydrogen-bond acceptors (Lipinski definition) is 4. The molecule has 8 heteroatoms. The summed E-state index contributed by atoms with van der Waals surface area (Å²) in [5.41, 5.74) is 1.10. The summed E-state index contributed by atoms with van der Waals surface area (Å²) in [6.07, 6.45) is 2.87. The van der Waals surface area contributed by atoms with Gasteiger partial charge >= 0.3 is 5.97 Å². The van der Waals surface area contributed by atoms with Crippen molar-refractivity contribution in [2.75, 3.05) is 4.31 Å². The number of carboxylic acid groups (broad SMARTS) is 1. The number of imidazole rings is 1. The maximum atomic E-state index is 12.7. The number of para-hydroxylation sites is 1. The van der Waals surface area contributed by atoms with Crippen LogP contribution in [-0.2, 0) is 28.3 Å². The summed E-state index contributed by atoms with van der Waals surface area (Å²) in [5.74, 6) is -1.18. The van der Waals surface area contributed by atoms with Gasteiger partial charge in [-0.1, -0.05) is 18.2 Å². The highest BCUT2D eigenvalue weighted by Crippen LogP contribution is 2.36. The van der Waals surface area contributed by atoms with E-state index < -0.39 is 22.0 Å². The largest absolute Gasteiger partial charge is 0.480 e. The summed E-state index contributed by atoms with van der Waals surface area (Å²) in [7, 11) is -2.35. The number of aryl methyl sites for hydroxylation is 1. The van der Waals surface area contributed by atoms with Crippen molar-refractivity contribution in [1.82, 2.24) is 9.55 Å². The van der Waals surface area contributed by atoms with E-state index in [0.29, 0.717) is 11.3 Å². The lowest BCUT2D eigenvalue weighted by molar-refractivity contribution is -0.138. The van der Waals surface area contributed by atoms with Gasteiger partial charge in [0.05, 0.1) is 12.0 Å². The molecule has 0 bridgehead atoms. The van der Waals surface area contributed by atoms with Crippen molar-refractivity contribution >= 4 is 21.7 Å². The van der Waals surface area contributed by atoms with Gasteiger partial charge in [-0.15, -0.1) is 0 Å². The van der Waals surface area contributed by atoms with Crippen LogP contribution in [0.3, 0.4) is 0 Å². The minimum absolute atomic E-state index is 0.150. The third kappa shape index (κ3) is 2.07. The van der Waals surface area contributed by atoms with E-state index in [1.807, 2.05) is 0 Å². The molecule has 1 unspecified atom stereocenters. The fourth-order valence-electron chi connectivity index (χ4n) is 2.46. The molecule has 0 fully saturated rings. The molecule has 1 N–H and O–H groups in total. The Labute approximate surface area is 121 Å². The maximum Gasteiger partial charge on any atom is 0.327 e. The number of carbonyl (C=O) groups is 1. The van der Waals surface area contributed by atoms with Gasteiger partial charge in [-0.25, -0.2) is 9.78 Å². The molecule has 0 saturated heterocycles. The molecule has 7 nitrogen and oxygen atoms in total. The second-order valence-electron chi connectivity index (χ2n) is 4.87. The Morgan fingerprint density at radius 3 is 2.71 bits per heavy atom. The Bertz CT molecular complexity index is 812. The molecule has 1 aliphatic rings. The average Bonchev–Trinajstić information content (AvgIpc) is 3.02. The molecule has 1 atom stereocenters. The van der Waals surface area contributed by atoms with Crippen molar-refractivity contribution in [2.24, 2.45) is 7.05 Å². The predicted molar refractivity (Wildman–Crippen MR) is 74.4 cm³/mol. The topological polar surface area (TPSA) is 92.5 Å². The van der Waals surface area contributed by atoms with Crippen molar-refractivity contribution < 1.29 is 18.3 Å². The molecule has 21 heavy (non-hydrogen) atoms. The molecule has 0 amide bonds. The van der Waals surface area contributed by atoms with E-state index in [0.717, 1.165) is 4.31 Å². The van der Waals surface area contributed by atoms with Gasteiger partial charge < -0.3 is 9.67 Å². The number of carboxylic acids is 1. The molecule has 3 rings (SSSR count). The summed E-state index contributed by atoms with van der Waals surface area (Å²) < 4.78 is 27.9. The third-order valence-electron chi connectivity index (χ3n) is 3.41. The highest BCUT2D eigenvalue weighted by molar-refractivity contribution is 7.92. The number of anilines is 1. The SMILES string of the molecule is Cn1cnc(S(=O)(=O)N2c3ccccc3CC2C(=O)O)c1. The van der Waals surface area contributed by atoms with Crippen LogP contribution in [-0.4, -0.2) is 35.1 Å². The van der Waals surface area contributed by atoms with Crippen molar-refractivity contribution in [3.05, 3.63) is 42.4 Å². The van der Waals surface area contributed by atoms with Gasteiger partial charge in [0.2, 0.25) is 0 Å². The van der Waals surface area contributed by atoms with Crippen LogP contribution in [0.15, 0.2) is 41.8 Å². The van der Waals surface area contributed by atoms with Gasteiger partial charge in [-0.05, 0) is 11.6 Å². The van der Waals surface area contributed by atoms with Gasteiger partial charge in [0.15, 0.2) is 5.03 Å². The van der Waals surface area contributed by atoms with Gasteiger partial charge in [-0.2, -0.15) is 8.42 Å². The Hall–Kier alpha value is -2.35. The minimum atomic E-state index is -4.00. The number of benzene rings is 1. The Kier molecular flexibility index (Phi) is 2.98. The first-order valence-electron chi connectivity index (χ1n) is 6.24. The van der Waals surface area contributed by atoms with E-state index >= 15 is 0 Å². The van der Waals surface area contributed by atoms with E-state index in [4.69, 9.17) is 0 Å². The number of aromatic nitrogens is 2. The van der Waals surface area contributed by atoms with E-state index in [1.54, 1.807) is 31.3 Å². The molecule has 0 saturated carbocycles. The summed E-state index contributed by atoms with van der Waals surface area (Å²) in [4.78, 5) is 15.3. The quantitative estimate of drug-likeness (QED) is 0.897. The maximum absolute atomic E-state index is 12.7. The molecule has 0 radical (unpaired) electrons. The van der Waals surface area contributed by atoms with Crippen LogP contribution in [0.2, 0.25) is 0 Å². The lowest BCUT2D eigenvalue weighted by Gasteiger charge is -2.23. The van der Waals surface area contributed by atoms with Crippen molar-refractivity contribution in [3.8, 4) is 0 Å². The van der Waals surface area contributed by atoms with Crippen molar-refractivity contribution in [2.45, 2.75) is 17.5 Å². The molecule has 2 heterocycles. The first kappa shape index (κ1) is 13.6. The van der Waals surface area contributed by atoms with Crippen LogP contribution in [0.4, 0.5) is 5.69 Å². The summed E-state index contributed by atoms with van der Waals surface area (Å²) in [6.45, 7) is 0. The smallest absolute Gasteiger partial charge is 0.327 e. The second-order valence-corrected chi connectivity index (χ2v) is 6.63. The molecule has 1 aliphatic heterocycles. The Balaban J connectivity index is 2.16. The fraction of sp³-hybridized carbons (Fsp3) is 0.231. The van der Waals surface area contributed by atoms with Gasteiger partial charge in [0, 0.05) is 19.7 Å². The van der Waals surface area contributed by atoms with E-state index in [2.05, 4.69) is 4.98 Å². The second kappa shape index (κ2) is 4.59. The molecule has 0 aliphatic carbocycles. The zero-order valence-corrected chi connectivity index (χ0v) is 12.0. The van der Waals surface area contributed by atoms with Crippen LogP contribution in [0.25, 0.3) is 0 Å². The third-order valence-corrected chi connectivity index (χ3v) is 5.12. The molecular formula is C13H13N3O4S. The van der Waals surface area contributed by atoms with E-state index in [-0.39, 0.29) is 11.4 Å². The van der Waals surface area contributed by atoms with Gasteiger partial charge in [-0.3, -0.25) is 4.31 Å². The zero-order chi connectivity index (χ0) is 15.2. The van der Waals surface area contributed by atoms with Gasteiger partial charge in [0.25, 0.3) is 10.0 Å². The molecule has 2 aromatic rings. The van der Waals surface area contributed by atoms with E-state index in [9.17, 15) is 18.3 Å². The van der Waals surface area contributed by atoms with Crippen LogP contribution < -0.4 is 4.31 Å². The molecule has 0 spiro atoms. The number of sulfonamides is 1. The van der Waals surface area contributed by atoms with Gasteiger partial charge in [0.1, 0.15) is 6.04 Å². The number of nitrogens with zero attached hydrogens (tertiary/aromatic N) is 3. The predicted octanol–water partition coefficient (Wildman–Crippen LogP) is 0.625. The monoisotopic (exact) mass is 307 g/mol. The highest BCUT2D eigenvalue weighted by atomic mass is 32.2. The van der Waals surface area contributed by atoms with Crippen LogP contribution in [0.1, 0.15) is 5.56 Å². The molecule has 1 aromatic carbocycles. The first-order chi connectivity index (χ1) is 9.91. The summed E-state index contributed by atoms with van der Waals surface area (Å²) in [6, 6.07) is 5.64. The summed E-state index contributed by atoms with van der Waals surface area (Å²) >= 11 is 0. The standard InChI is InChI=1S/C13H13N3O4S/c1-15-7-12(14-8-15)21(19,20)16-10-5-3-2-4-9(10)6-11(16)13(17)18/h2-5,7-8,11H,6H2,1H3,(H,17,18). The van der Waals surface area contributed by atoms with Crippen LogP contribution in [0, 0.1) is 0 Å². The van der Waals surface area contributed by atoms with Crippen molar-refractivity contribution in [1.29, 1.82) is 0 Å². The Morgan fingerprint density at radius 2 is 2.10 bits per heavy atom. The number of rotatable bonds is 3. The zero-order valence-electron chi connectivity index (χ0n) is 11.2.